The Morgan fingerprint density at radius 1 is 1.39 bits per heavy atom. The predicted molar refractivity (Wildman–Crippen MR) is 75.6 cm³/mol. The highest BCUT2D eigenvalue weighted by atomic mass is 15.1. The Balaban J connectivity index is 2.11. The summed E-state index contributed by atoms with van der Waals surface area (Å²) in [7, 11) is 0. The van der Waals surface area contributed by atoms with Gasteiger partial charge in [0.05, 0.1) is 12.0 Å². The van der Waals surface area contributed by atoms with Gasteiger partial charge in [-0.3, -0.25) is 0 Å². The van der Waals surface area contributed by atoms with Gasteiger partial charge in [-0.15, -0.1) is 0 Å². The molecule has 1 N–H and O–H groups in total. The van der Waals surface area contributed by atoms with Gasteiger partial charge in [0.2, 0.25) is 0 Å². The molecule has 0 saturated carbocycles. The van der Waals surface area contributed by atoms with E-state index in [1.54, 1.807) is 0 Å². The molecule has 0 radical (unpaired) electrons. The zero-order valence-corrected chi connectivity index (χ0v) is 12.2. The fourth-order valence-electron chi connectivity index (χ4n) is 3.12. The molecule has 1 fully saturated rings. The Hall–Kier alpha value is -0.830. The fourth-order valence-corrected chi connectivity index (χ4v) is 3.12. The molecule has 1 aliphatic heterocycles. The van der Waals surface area contributed by atoms with E-state index in [2.05, 4.69) is 42.6 Å². The monoisotopic (exact) mass is 249 g/mol. The third-order valence-corrected chi connectivity index (χ3v) is 3.96. The SMILES string of the molecule is CC(C)CC(C)n1cncc1C1CCCC(C)N1. The van der Waals surface area contributed by atoms with Crippen LogP contribution in [0.5, 0.6) is 0 Å². The van der Waals surface area contributed by atoms with Crippen molar-refractivity contribution in [2.24, 2.45) is 5.92 Å². The molecule has 1 saturated heterocycles. The summed E-state index contributed by atoms with van der Waals surface area (Å²) in [6, 6.07) is 1.67. The third kappa shape index (κ3) is 3.14. The molecule has 1 aromatic rings. The van der Waals surface area contributed by atoms with Crippen molar-refractivity contribution in [2.45, 2.75) is 71.5 Å². The third-order valence-electron chi connectivity index (χ3n) is 3.96. The summed E-state index contributed by atoms with van der Waals surface area (Å²) in [6.07, 6.45) is 9.13. The smallest absolute Gasteiger partial charge is 0.0951 e. The standard InChI is InChI=1S/C15H27N3/c1-11(2)8-13(4)18-10-16-9-15(18)14-7-5-6-12(3)17-14/h9-14,17H,5-8H2,1-4H3. The van der Waals surface area contributed by atoms with Crippen molar-refractivity contribution in [1.82, 2.24) is 14.9 Å². The van der Waals surface area contributed by atoms with Crippen LogP contribution >= 0.6 is 0 Å². The minimum absolute atomic E-state index is 0.492. The molecular formula is C15H27N3. The number of hydrogen-bond donors (Lipinski definition) is 1. The Morgan fingerprint density at radius 3 is 2.83 bits per heavy atom. The van der Waals surface area contributed by atoms with Gasteiger partial charge in [0.25, 0.3) is 0 Å². The predicted octanol–water partition coefficient (Wildman–Crippen LogP) is 3.69. The van der Waals surface area contributed by atoms with E-state index in [9.17, 15) is 0 Å². The molecular weight excluding hydrogens is 222 g/mol. The van der Waals surface area contributed by atoms with E-state index in [1.165, 1.54) is 31.4 Å². The molecule has 18 heavy (non-hydrogen) atoms. The molecule has 1 aliphatic rings. The van der Waals surface area contributed by atoms with Crippen LogP contribution in [-0.2, 0) is 0 Å². The van der Waals surface area contributed by atoms with Gasteiger partial charge in [-0.2, -0.15) is 0 Å². The number of rotatable bonds is 4. The molecule has 0 aromatic carbocycles. The van der Waals surface area contributed by atoms with E-state index < -0.39 is 0 Å². The van der Waals surface area contributed by atoms with E-state index in [1.807, 2.05) is 12.5 Å². The first-order valence-corrected chi connectivity index (χ1v) is 7.35. The minimum atomic E-state index is 0.492. The van der Waals surface area contributed by atoms with Crippen LogP contribution in [0.3, 0.4) is 0 Å². The molecule has 0 amide bonds. The van der Waals surface area contributed by atoms with Gasteiger partial charge in [-0.05, 0) is 45.4 Å². The summed E-state index contributed by atoms with van der Waals surface area (Å²) in [5.74, 6) is 0.730. The Bertz CT molecular complexity index is 370. The lowest BCUT2D eigenvalue weighted by Gasteiger charge is -2.30. The molecule has 3 heteroatoms. The fraction of sp³-hybridized carbons (Fsp3) is 0.800. The number of imidazole rings is 1. The topological polar surface area (TPSA) is 29.9 Å². The maximum Gasteiger partial charge on any atom is 0.0951 e. The Morgan fingerprint density at radius 2 is 2.17 bits per heavy atom. The normalized spacial score (nSPS) is 26.5. The summed E-state index contributed by atoms with van der Waals surface area (Å²) in [5, 5.41) is 3.71. The molecule has 3 nitrogen and oxygen atoms in total. The summed E-state index contributed by atoms with van der Waals surface area (Å²) >= 11 is 0. The number of nitrogens with zero attached hydrogens (tertiary/aromatic N) is 2. The first kappa shape index (κ1) is 13.6. The Labute approximate surface area is 111 Å². The highest BCUT2D eigenvalue weighted by molar-refractivity contribution is 5.08. The first-order chi connectivity index (χ1) is 8.58. The van der Waals surface area contributed by atoms with Gasteiger partial charge < -0.3 is 9.88 Å². The zero-order valence-electron chi connectivity index (χ0n) is 12.2. The van der Waals surface area contributed by atoms with Crippen LogP contribution in [0.1, 0.15) is 71.2 Å². The maximum absolute atomic E-state index is 4.37. The van der Waals surface area contributed by atoms with Crippen LogP contribution in [-0.4, -0.2) is 15.6 Å². The summed E-state index contributed by atoms with van der Waals surface area (Å²) in [5.41, 5.74) is 1.37. The lowest BCUT2D eigenvalue weighted by atomic mass is 9.97. The zero-order chi connectivity index (χ0) is 13.1. The molecule has 3 unspecified atom stereocenters. The lowest BCUT2D eigenvalue weighted by molar-refractivity contribution is 0.318. The maximum atomic E-state index is 4.37. The van der Waals surface area contributed by atoms with Crippen LogP contribution in [0, 0.1) is 5.92 Å². The van der Waals surface area contributed by atoms with Gasteiger partial charge in [0.15, 0.2) is 0 Å². The van der Waals surface area contributed by atoms with Crippen molar-refractivity contribution in [1.29, 1.82) is 0 Å². The molecule has 102 valence electrons. The summed E-state index contributed by atoms with van der Waals surface area (Å²) in [6.45, 7) is 9.16. The van der Waals surface area contributed by atoms with E-state index in [-0.39, 0.29) is 0 Å². The van der Waals surface area contributed by atoms with E-state index >= 15 is 0 Å². The molecule has 3 atom stereocenters. The van der Waals surface area contributed by atoms with Gasteiger partial charge in [0, 0.05) is 24.3 Å². The molecule has 0 aliphatic carbocycles. The molecule has 2 rings (SSSR count). The van der Waals surface area contributed by atoms with Crippen molar-refractivity contribution < 1.29 is 0 Å². The number of nitrogens with one attached hydrogen (secondary N) is 1. The highest BCUT2D eigenvalue weighted by Gasteiger charge is 2.23. The average Bonchev–Trinajstić information content (AvgIpc) is 2.76. The van der Waals surface area contributed by atoms with Crippen LogP contribution < -0.4 is 5.32 Å². The molecule has 0 bridgehead atoms. The van der Waals surface area contributed by atoms with Crippen LogP contribution in [0.15, 0.2) is 12.5 Å². The summed E-state index contributed by atoms with van der Waals surface area (Å²) < 4.78 is 2.37. The largest absolute Gasteiger partial charge is 0.330 e. The second kappa shape index (κ2) is 5.87. The Kier molecular flexibility index (Phi) is 4.44. The van der Waals surface area contributed by atoms with E-state index in [4.69, 9.17) is 0 Å². The molecule has 1 aromatic heterocycles. The highest BCUT2D eigenvalue weighted by Crippen LogP contribution is 2.28. The van der Waals surface area contributed by atoms with Crippen LogP contribution in [0.2, 0.25) is 0 Å². The number of aromatic nitrogens is 2. The van der Waals surface area contributed by atoms with Gasteiger partial charge in [-0.1, -0.05) is 13.8 Å². The van der Waals surface area contributed by atoms with Crippen molar-refractivity contribution >= 4 is 0 Å². The van der Waals surface area contributed by atoms with Crippen molar-refractivity contribution in [2.75, 3.05) is 0 Å². The number of piperidine rings is 1. The quantitative estimate of drug-likeness (QED) is 0.882. The van der Waals surface area contributed by atoms with E-state index in [0.29, 0.717) is 18.1 Å². The number of hydrogen-bond acceptors (Lipinski definition) is 2. The second-order valence-electron chi connectivity index (χ2n) is 6.26. The van der Waals surface area contributed by atoms with Crippen LogP contribution in [0.4, 0.5) is 0 Å². The summed E-state index contributed by atoms with van der Waals surface area (Å²) in [4.78, 5) is 4.37. The van der Waals surface area contributed by atoms with Crippen molar-refractivity contribution in [3.8, 4) is 0 Å². The van der Waals surface area contributed by atoms with Crippen molar-refractivity contribution in [3.63, 3.8) is 0 Å². The minimum Gasteiger partial charge on any atom is -0.330 e. The van der Waals surface area contributed by atoms with E-state index in [0.717, 1.165) is 5.92 Å². The average molecular weight is 249 g/mol. The van der Waals surface area contributed by atoms with Gasteiger partial charge in [-0.25, -0.2) is 4.98 Å². The van der Waals surface area contributed by atoms with Crippen molar-refractivity contribution in [3.05, 3.63) is 18.2 Å². The van der Waals surface area contributed by atoms with Crippen LogP contribution in [0.25, 0.3) is 0 Å². The lowest BCUT2D eigenvalue weighted by Crippen LogP contribution is -2.35. The van der Waals surface area contributed by atoms with Gasteiger partial charge in [0.1, 0.15) is 0 Å². The second-order valence-corrected chi connectivity index (χ2v) is 6.26. The molecule has 2 heterocycles. The van der Waals surface area contributed by atoms with Gasteiger partial charge >= 0.3 is 0 Å². The first-order valence-electron chi connectivity index (χ1n) is 7.35. The molecule has 0 spiro atoms.